The summed E-state index contributed by atoms with van der Waals surface area (Å²) in [7, 11) is 0. The summed E-state index contributed by atoms with van der Waals surface area (Å²) in [6.07, 6.45) is 1.78. The van der Waals surface area contributed by atoms with Crippen molar-refractivity contribution in [2.24, 2.45) is 0 Å². The highest BCUT2D eigenvalue weighted by Crippen LogP contribution is 2.14. The van der Waals surface area contributed by atoms with Gasteiger partial charge in [-0.25, -0.2) is 0 Å². The fraction of sp³-hybridized carbons (Fsp3) is 0.462. The van der Waals surface area contributed by atoms with E-state index in [9.17, 15) is 4.79 Å². The molecule has 2 nitrogen and oxygen atoms in total. The van der Waals surface area contributed by atoms with Crippen molar-refractivity contribution in [3.8, 4) is 0 Å². The van der Waals surface area contributed by atoms with Gasteiger partial charge < -0.3 is 5.32 Å². The average molecular weight is 274 g/mol. The number of halogens is 2. The molecule has 1 atom stereocenters. The van der Waals surface area contributed by atoms with Gasteiger partial charge in [0.1, 0.15) is 0 Å². The first-order valence-electron chi connectivity index (χ1n) is 5.67. The number of alkyl halides is 1. The minimum atomic E-state index is -0.0855. The Morgan fingerprint density at radius 2 is 2.12 bits per heavy atom. The Kier molecular flexibility index (Phi) is 5.79. The molecule has 1 N–H and O–H groups in total. The number of hydrogen-bond acceptors (Lipinski definition) is 1. The van der Waals surface area contributed by atoms with Crippen LogP contribution in [0, 0.1) is 6.92 Å². The standard InChI is InChI=1S/C13H17Cl2NO/c1-9-6-11(8-12(15)7-9)13(17)16-10(2)4-3-5-14/h6-8,10H,3-5H2,1-2H3,(H,16,17). The Labute approximate surface area is 112 Å². The highest BCUT2D eigenvalue weighted by Gasteiger charge is 2.10. The van der Waals surface area contributed by atoms with E-state index >= 15 is 0 Å². The smallest absolute Gasteiger partial charge is 0.251 e. The summed E-state index contributed by atoms with van der Waals surface area (Å²) in [5, 5.41) is 3.52. The molecule has 1 amide bonds. The average Bonchev–Trinajstić information content (AvgIpc) is 2.25. The molecular weight excluding hydrogens is 257 g/mol. The number of carbonyl (C=O) groups excluding carboxylic acids is 1. The van der Waals surface area contributed by atoms with Crippen LogP contribution in [0.25, 0.3) is 0 Å². The van der Waals surface area contributed by atoms with Crippen LogP contribution in [0.1, 0.15) is 35.7 Å². The molecule has 0 spiro atoms. The van der Waals surface area contributed by atoms with Crippen LogP contribution in [0.3, 0.4) is 0 Å². The SMILES string of the molecule is Cc1cc(Cl)cc(C(=O)NC(C)CCCCl)c1. The van der Waals surface area contributed by atoms with Crippen molar-refractivity contribution in [1.82, 2.24) is 5.32 Å². The number of nitrogens with one attached hydrogen (secondary N) is 1. The van der Waals surface area contributed by atoms with Crippen LogP contribution in [-0.4, -0.2) is 17.8 Å². The van der Waals surface area contributed by atoms with Crippen molar-refractivity contribution < 1.29 is 4.79 Å². The number of aryl methyl sites for hydroxylation is 1. The largest absolute Gasteiger partial charge is 0.350 e. The molecule has 0 heterocycles. The van der Waals surface area contributed by atoms with E-state index in [-0.39, 0.29) is 11.9 Å². The summed E-state index contributed by atoms with van der Waals surface area (Å²) in [4.78, 5) is 11.9. The molecule has 0 fully saturated rings. The van der Waals surface area contributed by atoms with E-state index in [4.69, 9.17) is 23.2 Å². The summed E-state index contributed by atoms with van der Waals surface area (Å²) in [5.74, 6) is 0.536. The maximum atomic E-state index is 11.9. The monoisotopic (exact) mass is 273 g/mol. The first-order valence-corrected chi connectivity index (χ1v) is 6.58. The Morgan fingerprint density at radius 3 is 2.71 bits per heavy atom. The first kappa shape index (κ1) is 14.3. The molecular formula is C13H17Cl2NO. The van der Waals surface area contributed by atoms with Gasteiger partial charge in [0, 0.05) is 22.5 Å². The predicted molar refractivity (Wildman–Crippen MR) is 73.1 cm³/mol. The van der Waals surface area contributed by atoms with Crippen LogP contribution in [-0.2, 0) is 0 Å². The van der Waals surface area contributed by atoms with Crippen molar-refractivity contribution in [3.05, 3.63) is 34.3 Å². The van der Waals surface area contributed by atoms with Crippen LogP contribution in [0.4, 0.5) is 0 Å². The fourth-order valence-corrected chi connectivity index (χ4v) is 2.07. The normalized spacial score (nSPS) is 12.2. The van der Waals surface area contributed by atoms with Gasteiger partial charge in [-0.1, -0.05) is 11.6 Å². The second-order valence-corrected chi connectivity index (χ2v) is 5.04. The molecule has 0 aliphatic carbocycles. The van der Waals surface area contributed by atoms with Gasteiger partial charge in [-0.05, 0) is 50.5 Å². The third-order valence-electron chi connectivity index (χ3n) is 2.45. The second-order valence-electron chi connectivity index (χ2n) is 4.22. The van der Waals surface area contributed by atoms with Gasteiger partial charge in [-0.3, -0.25) is 4.79 Å². The van der Waals surface area contributed by atoms with E-state index in [1.807, 2.05) is 26.0 Å². The van der Waals surface area contributed by atoms with Gasteiger partial charge in [0.25, 0.3) is 5.91 Å². The molecule has 94 valence electrons. The molecule has 0 aliphatic heterocycles. The third kappa shape index (κ3) is 4.97. The number of amides is 1. The number of rotatable bonds is 5. The van der Waals surface area contributed by atoms with Crippen LogP contribution < -0.4 is 5.32 Å². The van der Waals surface area contributed by atoms with Gasteiger partial charge in [-0.15, -0.1) is 11.6 Å². The van der Waals surface area contributed by atoms with Crippen molar-refractivity contribution in [3.63, 3.8) is 0 Å². The van der Waals surface area contributed by atoms with Crippen LogP contribution in [0.15, 0.2) is 18.2 Å². The van der Waals surface area contributed by atoms with Crippen molar-refractivity contribution >= 4 is 29.1 Å². The lowest BCUT2D eigenvalue weighted by Gasteiger charge is -2.13. The first-order chi connectivity index (χ1) is 8.02. The van der Waals surface area contributed by atoms with Crippen LogP contribution in [0.2, 0.25) is 5.02 Å². The van der Waals surface area contributed by atoms with E-state index in [1.54, 1.807) is 6.07 Å². The summed E-state index contributed by atoms with van der Waals surface area (Å²) >= 11 is 11.5. The van der Waals surface area contributed by atoms with E-state index in [0.29, 0.717) is 16.5 Å². The molecule has 0 saturated carbocycles. The number of hydrogen-bond donors (Lipinski definition) is 1. The van der Waals surface area contributed by atoms with E-state index in [1.165, 1.54) is 0 Å². The van der Waals surface area contributed by atoms with Gasteiger partial charge in [0.15, 0.2) is 0 Å². The molecule has 0 aromatic heterocycles. The van der Waals surface area contributed by atoms with Gasteiger partial charge >= 0.3 is 0 Å². The lowest BCUT2D eigenvalue weighted by molar-refractivity contribution is 0.0938. The van der Waals surface area contributed by atoms with E-state index < -0.39 is 0 Å². The number of carbonyl (C=O) groups is 1. The quantitative estimate of drug-likeness (QED) is 0.813. The predicted octanol–water partition coefficient (Wildman–Crippen LogP) is 3.79. The zero-order valence-corrected chi connectivity index (χ0v) is 11.6. The zero-order chi connectivity index (χ0) is 12.8. The summed E-state index contributed by atoms with van der Waals surface area (Å²) in [6.45, 7) is 3.89. The minimum absolute atomic E-state index is 0.0855. The molecule has 0 bridgehead atoms. The molecule has 4 heteroatoms. The maximum absolute atomic E-state index is 11.9. The van der Waals surface area contributed by atoms with Gasteiger partial charge in [-0.2, -0.15) is 0 Å². The van der Waals surface area contributed by atoms with E-state index in [2.05, 4.69) is 5.32 Å². The van der Waals surface area contributed by atoms with Crippen LogP contribution in [0.5, 0.6) is 0 Å². The lowest BCUT2D eigenvalue weighted by Crippen LogP contribution is -2.32. The minimum Gasteiger partial charge on any atom is -0.350 e. The maximum Gasteiger partial charge on any atom is 0.251 e. The van der Waals surface area contributed by atoms with Crippen molar-refractivity contribution in [1.29, 1.82) is 0 Å². The van der Waals surface area contributed by atoms with Crippen molar-refractivity contribution in [2.75, 3.05) is 5.88 Å². The number of benzene rings is 1. The lowest BCUT2D eigenvalue weighted by atomic mass is 10.1. The Balaban J connectivity index is 2.63. The Hall–Kier alpha value is -0.730. The third-order valence-corrected chi connectivity index (χ3v) is 2.94. The zero-order valence-electron chi connectivity index (χ0n) is 10.1. The fourth-order valence-electron chi connectivity index (χ4n) is 1.63. The molecule has 1 unspecified atom stereocenters. The highest BCUT2D eigenvalue weighted by atomic mass is 35.5. The van der Waals surface area contributed by atoms with Crippen LogP contribution >= 0.6 is 23.2 Å². The summed E-state index contributed by atoms with van der Waals surface area (Å²) in [5.41, 5.74) is 1.59. The highest BCUT2D eigenvalue weighted by molar-refractivity contribution is 6.31. The van der Waals surface area contributed by atoms with Crippen molar-refractivity contribution in [2.45, 2.75) is 32.7 Å². The van der Waals surface area contributed by atoms with E-state index in [0.717, 1.165) is 18.4 Å². The molecule has 17 heavy (non-hydrogen) atoms. The second kappa shape index (κ2) is 6.87. The summed E-state index contributed by atoms with van der Waals surface area (Å²) < 4.78 is 0. The topological polar surface area (TPSA) is 29.1 Å². The molecule has 1 rings (SSSR count). The Bertz CT molecular complexity index is 373. The molecule has 1 aromatic rings. The molecule has 0 aliphatic rings. The van der Waals surface area contributed by atoms with Gasteiger partial charge in [0.2, 0.25) is 0 Å². The Morgan fingerprint density at radius 1 is 1.41 bits per heavy atom. The molecule has 0 radical (unpaired) electrons. The van der Waals surface area contributed by atoms with Gasteiger partial charge in [0.05, 0.1) is 0 Å². The molecule has 1 aromatic carbocycles. The summed E-state index contributed by atoms with van der Waals surface area (Å²) in [6, 6.07) is 5.46. The molecule has 0 saturated heterocycles.